The molecule has 1 N–H and O–H groups in total. The summed E-state index contributed by atoms with van der Waals surface area (Å²) in [6, 6.07) is 4.28. The quantitative estimate of drug-likeness (QED) is 0.696. The predicted molar refractivity (Wildman–Crippen MR) is 91.3 cm³/mol. The van der Waals surface area contributed by atoms with Gasteiger partial charge in [0.1, 0.15) is 5.75 Å². The molecule has 0 bridgehead atoms. The zero-order valence-corrected chi connectivity index (χ0v) is 15.2. The molecule has 0 saturated heterocycles. The lowest BCUT2D eigenvalue weighted by Crippen LogP contribution is -2.24. The van der Waals surface area contributed by atoms with Crippen LogP contribution >= 0.6 is 31.9 Å². The number of ether oxygens (including phenoxy) is 1. The fourth-order valence-electron chi connectivity index (χ4n) is 2.81. The van der Waals surface area contributed by atoms with E-state index in [9.17, 15) is 0 Å². The molecule has 1 aliphatic rings. The van der Waals surface area contributed by atoms with Gasteiger partial charge < -0.3 is 10.1 Å². The molecule has 20 heavy (non-hydrogen) atoms. The SMILES string of the molecule is CCOc1c(Br)cc(CNCC2CCCCC2)cc1Br. The molecule has 0 amide bonds. The van der Waals surface area contributed by atoms with E-state index in [-0.39, 0.29) is 0 Å². The normalized spacial score (nSPS) is 16.4. The van der Waals surface area contributed by atoms with E-state index in [0.29, 0.717) is 6.61 Å². The van der Waals surface area contributed by atoms with Crippen LogP contribution < -0.4 is 10.1 Å². The molecule has 0 spiro atoms. The van der Waals surface area contributed by atoms with Gasteiger partial charge in [-0.05, 0) is 81.8 Å². The summed E-state index contributed by atoms with van der Waals surface area (Å²) in [7, 11) is 0. The van der Waals surface area contributed by atoms with Crippen LogP contribution in [0.2, 0.25) is 0 Å². The van der Waals surface area contributed by atoms with Crippen LogP contribution in [-0.4, -0.2) is 13.2 Å². The number of halogens is 2. The minimum atomic E-state index is 0.677. The minimum absolute atomic E-state index is 0.677. The lowest BCUT2D eigenvalue weighted by atomic mass is 9.89. The van der Waals surface area contributed by atoms with Gasteiger partial charge in [0.05, 0.1) is 15.6 Å². The molecular formula is C16H23Br2NO. The number of hydrogen-bond donors (Lipinski definition) is 1. The van der Waals surface area contributed by atoms with E-state index in [1.54, 1.807) is 0 Å². The van der Waals surface area contributed by atoms with Crippen LogP contribution in [0, 0.1) is 5.92 Å². The third-order valence-corrected chi connectivity index (χ3v) is 5.01. The highest BCUT2D eigenvalue weighted by Gasteiger charge is 2.13. The van der Waals surface area contributed by atoms with E-state index in [0.717, 1.165) is 33.7 Å². The summed E-state index contributed by atoms with van der Waals surface area (Å²) < 4.78 is 7.64. The van der Waals surface area contributed by atoms with Gasteiger partial charge in [-0.25, -0.2) is 0 Å². The van der Waals surface area contributed by atoms with Crippen LogP contribution in [0.15, 0.2) is 21.1 Å². The minimum Gasteiger partial charge on any atom is -0.492 e. The van der Waals surface area contributed by atoms with Crippen molar-refractivity contribution in [2.75, 3.05) is 13.2 Å². The first kappa shape index (κ1) is 16.3. The average Bonchev–Trinajstić information content (AvgIpc) is 2.44. The van der Waals surface area contributed by atoms with Crippen molar-refractivity contribution in [1.29, 1.82) is 0 Å². The van der Waals surface area contributed by atoms with E-state index >= 15 is 0 Å². The molecule has 1 aliphatic carbocycles. The Morgan fingerprint density at radius 1 is 1.15 bits per heavy atom. The van der Waals surface area contributed by atoms with Gasteiger partial charge in [-0.2, -0.15) is 0 Å². The summed E-state index contributed by atoms with van der Waals surface area (Å²) >= 11 is 7.17. The zero-order valence-electron chi connectivity index (χ0n) is 12.1. The topological polar surface area (TPSA) is 21.3 Å². The Bertz CT molecular complexity index is 407. The first-order valence-corrected chi connectivity index (χ1v) is 9.10. The van der Waals surface area contributed by atoms with E-state index in [1.807, 2.05) is 6.92 Å². The van der Waals surface area contributed by atoms with Crippen molar-refractivity contribution < 1.29 is 4.74 Å². The fourth-order valence-corrected chi connectivity index (χ4v) is 4.32. The van der Waals surface area contributed by atoms with Crippen LogP contribution in [-0.2, 0) is 6.54 Å². The van der Waals surface area contributed by atoms with E-state index in [2.05, 4.69) is 49.3 Å². The van der Waals surface area contributed by atoms with Gasteiger partial charge >= 0.3 is 0 Å². The Hall–Kier alpha value is -0.0600. The second kappa shape index (κ2) is 8.40. The highest BCUT2D eigenvalue weighted by Crippen LogP contribution is 2.34. The van der Waals surface area contributed by atoms with Crippen molar-refractivity contribution in [2.24, 2.45) is 5.92 Å². The van der Waals surface area contributed by atoms with Gasteiger partial charge in [-0.15, -0.1) is 0 Å². The maximum atomic E-state index is 5.61. The maximum absolute atomic E-state index is 5.61. The Labute approximate surface area is 138 Å². The lowest BCUT2D eigenvalue weighted by molar-refractivity contribution is 0.335. The van der Waals surface area contributed by atoms with Crippen molar-refractivity contribution >= 4 is 31.9 Å². The number of nitrogens with one attached hydrogen (secondary N) is 1. The Kier molecular flexibility index (Phi) is 6.85. The van der Waals surface area contributed by atoms with Crippen LogP contribution in [0.4, 0.5) is 0 Å². The number of hydrogen-bond acceptors (Lipinski definition) is 2. The second-order valence-electron chi connectivity index (χ2n) is 5.46. The third-order valence-electron chi connectivity index (χ3n) is 3.83. The fraction of sp³-hybridized carbons (Fsp3) is 0.625. The lowest BCUT2D eigenvalue weighted by Gasteiger charge is -2.22. The first-order chi connectivity index (χ1) is 9.70. The molecule has 1 aromatic rings. The molecule has 0 heterocycles. The van der Waals surface area contributed by atoms with Crippen molar-refractivity contribution in [3.05, 3.63) is 26.6 Å². The van der Waals surface area contributed by atoms with E-state index < -0.39 is 0 Å². The summed E-state index contributed by atoms with van der Waals surface area (Å²) in [6.07, 6.45) is 7.03. The van der Waals surface area contributed by atoms with Gasteiger partial charge in [0.2, 0.25) is 0 Å². The molecule has 2 nitrogen and oxygen atoms in total. The Morgan fingerprint density at radius 3 is 2.40 bits per heavy atom. The second-order valence-corrected chi connectivity index (χ2v) is 7.17. The number of rotatable bonds is 6. The largest absolute Gasteiger partial charge is 0.492 e. The first-order valence-electron chi connectivity index (χ1n) is 7.52. The molecule has 1 fully saturated rings. The summed E-state index contributed by atoms with van der Waals surface area (Å²) in [4.78, 5) is 0. The molecule has 0 unspecified atom stereocenters. The Balaban J connectivity index is 1.86. The Morgan fingerprint density at radius 2 is 1.80 bits per heavy atom. The molecular weight excluding hydrogens is 382 g/mol. The molecule has 2 rings (SSSR count). The smallest absolute Gasteiger partial charge is 0.147 e. The van der Waals surface area contributed by atoms with Crippen molar-refractivity contribution in [3.63, 3.8) is 0 Å². The summed E-state index contributed by atoms with van der Waals surface area (Å²) in [5.41, 5.74) is 1.28. The van der Waals surface area contributed by atoms with Gasteiger partial charge in [0.15, 0.2) is 0 Å². The van der Waals surface area contributed by atoms with Crippen LogP contribution in [0.1, 0.15) is 44.6 Å². The highest BCUT2D eigenvalue weighted by atomic mass is 79.9. The van der Waals surface area contributed by atoms with Crippen LogP contribution in [0.5, 0.6) is 5.75 Å². The third kappa shape index (κ3) is 4.74. The summed E-state index contributed by atoms with van der Waals surface area (Å²) in [5.74, 6) is 1.77. The van der Waals surface area contributed by atoms with Gasteiger partial charge in [-0.1, -0.05) is 19.3 Å². The summed E-state index contributed by atoms with van der Waals surface area (Å²) in [5, 5.41) is 3.59. The molecule has 0 radical (unpaired) electrons. The standard InChI is InChI=1S/C16H23Br2NO/c1-2-20-16-14(17)8-13(9-15(16)18)11-19-10-12-6-4-3-5-7-12/h8-9,12,19H,2-7,10-11H2,1H3. The predicted octanol–water partition coefficient (Wildman–Crippen LogP) is 5.28. The molecule has 112 valence electrons. The molecule has 0 aromatic heterocycles. The van der Waals surface area contributed by atoms with Gasteiger partial charge in [0.25, 0.3) is 0 Å². The molecule has 0 atom stereocenters. The van der Waals surface area contributed by atoms with E-state index in [4.69, 9.17) is 4.74 Å². The monoisotopic (exact) mass is 403 g/mol. The van der Waals surface area contributed by atoms with Gasteiger partial charge in [-0.3, -0.25) is 0 Å². The van der Waals surface area contributed by atoms with Crippen molar-refractivity contribution in [1.82, 2.24) is 5.32 Å². The van der Waals surface area contributed by atoms with Crippen LogP contribution in [0.25, 0.3) is 0 Å². The van der Waals surface area contributed by atoms with Crippen molar-refractivity contribution in [2.45, 2.75) is 45.6 Å². The maximum Gasteiger partial charge on any atom is 0.147 e. The molecule has 1 saturated carbocycles. The molecule has 1 aromatic carbocycles. The highest BCUT2D eigenvalue weighted by molar-refractivity contribution is 9.11. The zero-order chi connectivity index (χ0) is 14.4. The van der Waals surface area contributed by atoms with Gasteiger partial charge in [0, 0.05) is 6.54 Å². The molecule has 0 aliphatic heterocycles. The molecule has 4 heteroatoms. The van der Waals surface area contributed by atoms with Crippen molar-refractivity contribution in [3.8, 4) is 5.75 Å². The summed E-state index contributed by atoms with van der Waals surface area (Å²) in [6.45, 7) is 4.73. The number of benzene rings is 1. The van der Waals surface area contributed by atoms with E-state index in [1.165, 1.54) is 37.7 Å². The van der Waals surface area contributed by atoms with Crippen LogP contribution in [0.3, 0.4) is 0 Å². The average molecular weight is 405 g/mol.